The SMILES string of the molecule is Cc1ccc(C(=O)CCNC(=O)OC(C)(C)C)s1. The van der Waals surface area contributed by atoms with Crippen LogP contribution in [0.5, 0.6) is 0 Å². The Bertz CT molecular complexity index is 432. The Morgan fingerprint density at radius 3 is 2.50 bits per heavy atom. The van der Waals surface area contributed by atoms with Gasteiger partial charge in [-0.15, -0.1) is 11.3 Å². The van der Waals surface area contributed by atoms with Crippen molar-refractivity contribution in [1.82, 2.24) is 5.32 Å². The molecule has 0 atom stereocenters. The molecule has 0 aliphatic heterocycles. The van der Waals surface area contributed by atoms with E-state index in [1.54, 1.807) is 20.8 Å². The topological polar surface area (TPSA) is 55.4 Å². The maximum atomic E-state index is 11.7. The van der Waals surface area contributed by atoms with Crippen LogP contribution in [0.1, 0.15) is 41.7 Å². The lowest BCUT2D eigenvalue weighted by Crippen LogP contribution is -2.33. The predicted molar refractivity (Wildman–Crippen MR) is 72.2 cm³/mol. The van der Waals surface area contributed by atoms with Gasteiger partial charge in [0.1, 0.15) is 5.60 Å². The smallest absolute Gasteiger partial charge is 0.407 e. The number of alkyl carbamates (subject to hydrolysis) is 1. The lowest BCUT2D eigenvalue weighted by atomic mass is 10.2. The molecule has 0 unspecified atom stereocenters. The molecule has 1 aromatic rings. The normalized spacial score (nSPS) is 11.1. The van der Waals surface area contributed by atoms with E-state index < -0.39 is 11.7 Å². The maximum Gasteiger partial charge on any atom is 0.407 e. The van der Waals surface area contributed by atoms with Crippen LogP contribution in [0.4, 0.5) is 4.79 Å². The molecule has 1 amide bonds. The van der Waals surface area contributed by atoms with Gasteiger partial charge in [0.2, 0.25) is 0 Å². The predicted octanol–water partition coefficient (Wildman–Crippen LogP) is 3.15. The van der Waals surface area contributed by atoms with Gasteiger partial charge in [0.15, 0.2) is 5.78 Å². The molecule has 1 aromatic heterocycles. The molecule has 0 aromatic carbocycles. The summed E-state index contributed by atoms with van der Waals surface area (Å²) >= 11 is 1.47. The molecular formula is C13H19NO3S. The van der Waals surface area contributed by atoms with E-state index in [1.807, 2.05) is 19.1 Å². The first-order chi connectivity index (χ1) is 8.28. The van der Waals surface area contributed by atoms with Gasteiger partial charge >= 0.3 is 6.09 Å². The molecule has 0 aliphatic rings. The number of amides is 1. The van der Waals surface area contributed by atoms with Crippen molar-refractivity contribution in [3.63, 3.8) is 0 Å². The van der Waals surface area contributed by atoms with Crippen LogP contribution >= 0.6 is 11.3 Å². The highest BCUT2D eigenvalue weighted by Crippen LogP contribution is 2.16. The van der Waals surface area contributed by atoms with Crippen LogP contribution < -0.4 is 5.32 Å². The minimum atomic E-state index is -0.515. The fraction of sp³-hybridized carbons (Fsp3) is 0.538. The van der Waals surface area contributed by atoms with Crippen molar-refractivity contribution in [2.75, 3.05) is 6.54 Å². The van der Waals surface area contributed by atoms with Crippen molar-refractivity contribution >= 4 is 23.2 Å². The van der Waals surface area contributed by atoms with E-state index in [0.717, 1.165) is 9.75 Å². The van der Waals surface area contributed by atoms with Gasteiger partial charge in [-0.1, -0.05) is 0 Å². The van der Waals surface area contributed by atoms with Gasteiger partial charge in [0.05, 0.1) is 4.88 Å². The molecule has 4 nitrogen and oxygen atoms in total. The molecule has 1 N–H and O–H groups in total. The van der Waals surface area contributed by atoms with E-state index >= 15 is 0 Å². The van der Waals surface area contributed by atoms with Crippen LogP contribution in [0.15, 0.2) is 12.1 Å². The van der Waals surface area contributed by atoms with Gasteiger partial charge in [-0.2, -0.15) is 0 Å². The summed E-state index contributed by atoms with van der Waals surface area (Å²) in [6, 6.07) is 3.73. The summed E-state index contributed by atoms with van der Waals surface area (Å²) in [5, 5.41) is 2.57. The molecule has 0 spiro atoms. The number of carbonyl (C=O) groups excluding carboxylic acids is 2. The Morgan fingerprint density at radius 2 is 2.00 bits per heavy atom. The third kappa shape index (κ3) is 5.31. The number of ether oxygens (including phenoxy) is 1. The van der Waals surface area contributed by atoms with Crippen LogP contribution in [0.3, 0.4) is 0 Å². The quantitative estimate of drug-likeness (QED) is 0.854. The van der Waals surface area contributed by atoms with Crippen molar-refractivity contribution in [2.45, 2.75) is 39.7 Å². The summed E-state index contributed by atoms with van der Waals surface area (Å²) in [5.41, 5.74) is -0.515. The van der Waals surface area contributed by atoms with Gasteiger partial charge in [0, 0.05) is 17.8 Å². The first kappa shape index (κ1) is 14.7. The summed E-state index contributed by atoms with van der Waals surface area (Å²) < 4.78 is 5.07. The van der Waals surface area contributed by atoms with Crippen LogP contribution in [-0.4, -0.2) is 24.0 Å². The molecule has 0 saturated heterocycles. The van der Waals surface area contributed by atoms with Crippen molar-refractivity contribution in [2.24, 2.45) is 0 Å². The van der Waals surface area contributed by atoms with Crippen molar-refractivity contribution in [3.05, 3.63) is 21.9 Å². The lowest BCUT2D eigenvalue weighted by molar-refractivity contribution is 0.0527. The number of hydrogen-bond acceptors (Lipinski definition) is 4. The van der Waals surface area contributed by atoms with Gasteiger partial charge in [-0.25, -0.2) is 4.79 Å². The summed E-state index contributed by atoms with van der Waals surface area (Å²) in [4.78, 5) is 24.9. The molecule has 0 fully saturated rings. The van der Waals surface area contributed by atoms with Crippen LogP contribution in [0.25, 0.3) is 0 Å². The first-order valence-corrected chi connectivity index (χ1v) is 6.66. The Morgan fingerprint density at radius 1 is 1.33 bits per heavy atom. The van der Waals surface area contributed by atoms with Gasteiger partial charge < -0.3 is 10.1 Å². The molecule has 18 heavy (non-hydrogen) atoms. The van der Waals surface area contributed by atoms with Crippen LogP contribution in [0, 0.1) is 6.92 Å². The van der Waals surface area contributed by atoms with E-state index in [9.17, 15) is 9.59 Å². The monoisotopic (exact) mass is 269 g/mol. The number of rotatable bonds is 4. The Hall–Kier alpha value is -1.36. The number of hydrogen-bond donors (Lipinski definition) is 1. The molecule has 0 saturated carbocycles. The van der Waals surface area contributed by atoms with Crippen molar-refractivity contribution in [1.29, 1.82) is 0 Å². The second-order valence-electron chi connectivity index (χ2n) is 5.01. The maximum absolute atomic E-state index is 11.7. The summed E-state index contributed by atoms with van der Waals surface area (Å²) in [6.07, 6.45) is -0.197. The molecule has 1 heterocycles. The Kier molecular flexibility index (Phi) is 4.90. The summed E-state index contributed by atoms with van der Waals surface area (Å²) in [5.74, 6) is 0.0455. The average Bonchev–Trinajstić information content (AvgIpc) is 2.62. The van der Waals surface area contributed by atoms with Crippen molar-refractivity contribution < 1.29 is 14.3 Å². The number of thiophene rings is 1. The molecule has 0 bridgehead atoms. The molecule has 0 aliphatic carbocycles. The zero-order valence-electron chi connectivity index (χ0n) is 11.2. The second kappa shape index (κ2) is 6.00. The standard InChI is InChI=1S/C13H19NO3S/c1-9-5-6-11(18-9)10(15)7-8-14-12(16)17-13(2,3)4/h5-6H,7-8H2,1-4H3,(H,14,16). The van der Waals surface area contributed by atoms with E-state index in [4.69, 9.17) is 4.74 Å². The highest BCUT2D eigenvalue weighted by molar-refractivity contribution is 7.14. The lowest BCUT2D eigenvalue weighted by Gasteiger charge is -2.19. The Labute approximate surface area is 111 Å². The van der Waals surface area contributed by atoms with Crippen molar-refractivity contribution in [3.8, 4) is 0 Å². The zero-order valence-corrected chi connectivity index (χ0v) is 12.0. The van der Waals surface area contributed by atoms with E-state index in [0.29, 0.717) is 13.0 Å². The largest absolute Gasteiger partial charge is 0.444 e. The zero-order chi connectivity index (χ0) is 13.8. The van der Waals surface area contributed by atoms with E-state index in [-0.39, 0.29) is 5.78 Å². The Balaban J connectivity index is 2.30. The fourth-order valence-electron chi connectivity index (χ4n) is 1.30. The second-order valence-corrected chi connectivity index (χ2v) is 6.30. The van der Waals surface area contributed by atoms with Crippen LogP contribution in [-0.2, 0) is 4.74 Å². The number of nitrogens with one attached hydrogen (secondary N) is 1. The number of aryl methyl sites for hydroxylation is 1. The van der Waals surface area contributed by atoms with Gasteiger partial charge in [-0.05, 0) is 39.8 Å². The molecule has 0 radical (unpaired) electrons. The molecule has 5 heteroatoms. The highest BCUT2D eigenvalue weighted by Gasteiger charge is 2.16. The first-order valence-electron chi connectivity index (χ1n) is 5.84. The van der Waals surface area contributed by atoms with Gasteiger partial charge in [-0.3, -0.25) is 4.79 Å². The fourth-order valence-corrected chi connectivity index (χ4v) is 2.13. The number of carbonyl (C=O) groups is 2. The molecule has 100 valence electrons. The summed E-state index contributed by atoms with van der Waals surface area (Å²) in [7, 11) is 0. The van der Waals surface area contributed by atoms with Gasteiger partial charge in [0.25, 0.3) is 0 Å². The summed E-state index contributed by atoms with van der Waals surface area (Å²) in [6.45, 7) is 7.65. The number of Topliss-reactive ketones (excluding diaryl/α,β-unsaturated/α-hetero) is 1. The highest BCUT2D eigenvalue weighted by atomic mass is 32.1. The number of ketones is 1. The molecule has 1 rings (SSSR count). The third-order valence-electron chi connectivity index (χ3n) is 2.04. The van der Waals surface area contributed by atoms with Crippen LogP contribution in [0.2, 0.25) is 0 Å². The van der Waals surface area contributed by atoms with E-state index in [2.05, 4.69) is 5.32 Å². The minimum absolute atomic E-state index is 0.0455. The average molecular weight is 269 g/mol. The third-order valence-corrected chi connectivity index (χ3v) is 3.08. The van der Waals surface area contributed by atoms with E-state index in [1.165, 1.54) is 11.3 Å². The molecular weight excluding hydrogens is 250 g/mol. The minimum Gasteiger partial charge on any atom is -0.444 e.